The summed E-state index contributed by atoms with van der Waals surface area (Å²) in [6.07, 6.45) is 0.381. The SMILES string of the molecule is CC(c1ccsc1)N1CCN(C(=O)C2CCC(F)(F)CC2)CC1. The molecule has 1 aromatic rings. The number of hydrogen-bond donors (Lipinski definition) is 0. The Kier molecular flexibility index (Phi) is 5.01. The van der Waals surface area contributed by atoms with Gasteiger partial charge in [-0.15, -0.1) is 0 Å². The van der Waals surface area contributed by atoms with Crippen molar-refractivity contribution in [3.8, 4) is 0 Å². The van der Waals surface area contributed by atoms with E-state index in [2.05, 4.69) is 28.7 Å². The van der Waals surface area contributed by atoms with E-state index in [9.17, 15) is 13.6 Å². The second kappa shape index (κ2) is 6.85. The highest BCUT2D eigenvalue weighted by Gasteiger charge is 2.39. The number of carbonyl (C=O) groups is 1. The quantitative estimate of drug-likeness (QED) is 0.835. The summed E-state index contributed by atoms with van der Waals surface area (Å²) in [5.41, 5.74) is 1.32. The Labute approximate surface area is 140 Å². The average molecular weight is 342 g/mol. The van der Waals surface area contributed by atoms with Gasteiger partial charge in [-0.05, 0) is 42.2 Å². The van der Waals surface area contributed by atoms with Crippen molar-refractivity contribution in [2.24, 2.45) is 5.92 Å². The number of hydrogen-bond acceptors (Lipinski definition) is 3. The fraction of sp³-hybridized carbons (Fsp3) is 0.706. The van der Waals surface area contributed by atoms with Gasteiger partial charge in [-0.2, -0.15) is 11.3 Å². The number of alkyl halides is 2. The smallest absolute Gasteiger partial charge is 0.248 e. The first-order chi connectivity index (χ1) is 11.0. The van der Waals surface area contributed by atoms with E-state index in [1.54, 1.807) is 11.3 Å². The van der Waals surface area contributed by atoms with Gasteiger partial charge in [0.15, 0.2) is 0 Å². The molecule has 1 atom stereocenters. The number of rotatable bonds is 3. The summed E-state index contributed by atoms with van der Waals surface area (Å²) in [6.45, 7) is 5.32. The Morgan fingerprint density at radius 1 is 1.26 bits per heavy atom. The summed E-state index contributed by atoms with van der Waals surface area (Å²) in [4.78, 5) is 16.8. The first-order valence-corrected chi connectivity index (χ1v) is 9.33. The van der Waals surface area contributed by atoms with Crippen molar-refractivity contribution in [1.29, 1.82) is 0 Å². The molecule has 1 saturated heterocycles. The van der Waals surface area contributed by atoms with Crippen molar-refractivity contribution in [3.05, 3.63) is 22.4 Å². The minimum atomic E-state index is -2.56. The van der Waals surface area contributed by atoms with E-state index >= 15 is 0 Å². The van der Waals surface area contributed by atoms with E-state index in [0.717, 1.165) is 13.1 Å². The largest absolute Gasteiger partial charge is 0.340 e. The molecule has 0 bridgehead atoms. The van der Waals surface area contributed by atoms with Crippen LogP contribution in [0.3, 0.4) is 0 Å². The first-order valence-electron chi connectivity index (χ1n) is 8.39. The fourth-order valence-electron chi connectivity index (χ4n) is 3.60. The molecular formula is C17H24F2N2OS. The molecule has 2 fully saturated rings. The number of thiophene rings is 1. The van der Waals surface area contributed by atoms with Gasteiger partial charge in [0.05, 0.1) is 0 Å². The molecule has 0 aromatic carbocycles. The molecule has 6 heteroatoms. The molecule has 1 unspecified atom stereocenters. The molecule has 23 heavy (non-hydrogen) atoms. The molecule has 1 saturated carbocycles. The molecule has 128 valence electrons. The fourth-order valence-corrected chi connectivity index (χ4v) is 4.35. The Morgan fingerprint density at radius 3 is 2.48 bits per heavy atom. The molecule has 2 heterocycles. The van der Waals surface area contributed by atoms with Crippen LogP contribution in [0.4, 0.5) is 8.78 Å². The minimum Gasteiger partial charge on any atom is -0.340 e. The van der Waals surface area contributed by atoms with Crippen molar-refractivity contribution >= 4 is 17.2 Å². The standard InChI is InChI=1S/C17H24F2N2OS/c1-13(15-4-11-23-12-15)20-7-9-21(10-8-20)16(22)14-2-5-17(18,19)6-3-14/h4,11-14H,2-3,5-10H2,1H3. The Morgan fingerprint density at radius 2 is 1.91 bits per heavy atom. The molecule has 1 aromatic heterocycles. The zero-order valence-corrected chi connectivity index (χ0v) is 14.3. The van der Waals surface area contributed by atoms with Gasteiger partial charge in [-0.3, -0.25) is 9.69 Å². The molecule has 3 nitrogen and oxygen atoms in total. The highest BCUT2D eigenvalue weighted by atomic mass is 32.1. The summed E-state index contributed by atoms with van der Waals surface area (Å²) in [7, 11) is 0. The Balaban J connectivity index is 1.50. The lowest BCUT2D eigenvalue weighted by atomic mass is 9.85. The van der Waals surface area contributed by atoms with E-state index in [-0.39, 0.29) is 24.7 Å². The van der Waals surface area contributed by atoms with Crippen LogP contribution in [0.1, 0.15) is 44.2 Å². The average Bonchev–Trinajstić information content (AvgIpc) is 3.08. The lowest BCUT2D eigenvalue weighted by Gasteiger charge is -2.40. The lowest BCUT2D eigenvalue weighted by molar-refractivity contribution is -0.141. The molecule has 1 aliphatic carbocycles. The van der Waals surface area contributed by atoms with E-state index < -0.39 is 5.92 Å². The second-order valence-electron chi connectivity index (χ2n) is 6.72. The summed E-state index contributed by atoms with van der Waals surface area (Å²) in [5, 5.41) is 4.26. The van der Waals surface area contributed by atoms with Crippen LogP contribution in [0.25, 0.3) is 0 Å². The van der Waals surface area contributed by atoms with E-state index in [4.69, 9.17) is 0 Å². The van der Waals surface area contributed by atoms with Crippen molar-refractivity contribution < 1.29 is 13.6 Å². The van der Waals surface area contributed by atoms with Crippen LogP contribution in [0, 0.1) is 5.92 Å². The first kappa shape index (κ1) is 16.8. The molecule has 0 radical (unpaired) electrons. The molecule has 1 amide bonds. The summed E-state index contributed by atoms with van der Waals surface area (Å²) < 4.78 is 26.5. The maximum Gasteiger partial charge on any atom is 0.248 e. The molecule has 0 N–H and O–H groups in total. The number of halogens is 2. The van der Waals surface area contributed by atoms with Crippen LogP contribution >= 0.6 is 11.3 Å². The third-order valence-electron chi connectivity index (χ3n) is 5.27. The van der Waals surface area contributed by atoms with Gasteiger partial charge in [-0.25, -0.2) is 8.78 Å². The normalized spacial score (nSPS) is 24.6. The van der Waals surface area contributed by atoms with Crippen molar-refractivity contribution in [1.82, 2.24) is 9.80 Å². The highest BCUT2D eigenvalue weighted by molar-refractivity contribution is 7.07. The maximum atomic E-state index is 13.2. The summed E-state index contributed by atoms with van der Waals surface area (Å²) in [5.74, 6) is -2.68. The molecule has 3 rings (SSSR count). The van der Waals surface area contributed by atoms with Gasteiger partial charge in [0.25, 0.3) is 0 Å². The van der Waals surface area contributed by atoms with Crippen molar-refractivity contribution in [2.75, 3.05) is 26.2 Å². The predicted molar refractivity (Wildman–Crippen MR) is 87.8 cm³/mol. The van der Waals surface area contributed by atoms with Gasteiger partial charge in [-0.1, -0.05) is 0 Å². The predicted octanol–water partition coefficient (Wildman–Crippen LogP) is 3.78. The topological polar surface area (TPSA) is 23.6 Å². The van der Waals surface area contributed by atoms with Crippen molar-refractivity contribution in [2.45, 2.75) is 44.6 Å². The zero-order chi connectivity index (χ0) is 16.4. The third-order valence-corrected chi connectivity index (χ3v) is 5.97. The highest BCUT2D eigenvalue weighted by Crippen LogP contribution is 2.37. The van der Waals surface area contributed by atoms with Crippen LogP contribution in [0.15, 0.2) is 16.8 Å². The summed E-state index contributed by atoms with van der Waals surface area (Å²) in [6, 6.07) is 2.52. The van der Waals surface area contributed by atoms with E-state index in [1.807, 2.05) is 4.90 Å². The lowest BCUT2D eigenvalue weighted by Crippen LogP contribution is -2.51. The monoisotopic (exact) mass is 342 g/mol. The molecule has 0 spiro atoms. The minimum absolute atomic E-state index is 0.0864. The third kappa shape index (κ3) is 3.91. The number of piperazine rings is 1. The maximum absolute atomic E-state index is 13.2. The second-order valence-corrected chi connectivity index (χ2v) is 7.50. The van der Waals surface area contributed by atoms with Gasteiger partial charge in [0, 0.05) is 51.0 Å². The van der Waals surface area contributed by atoms with Gasteiger partial charge < -0.3 is 4.90 Å². The van der Waals surface area contributed by atoms with Gasteiger partial charge in [0.1, 0.15) is 0 Å². The van der Waals surface area contributed by atoms with Crippen molar-refractivity contribution in [3.63, 3.8) is 0 Å². The van der Waals surface area contributed by atoms with Crippen LogP contribution in [0.2, 0.25) is 0 Å². The Bertz CT molecular complexity index is 517. The van der Waals surface area contributed by atoms with Crippen LogP contribution < -0.4 is 0 Å². The van der Waals surface area contributed by atoms with Crippen LogP contribution in [-0.2, 0) is 4.79 Å². The van der Waals surface area contributed by atoms with E-state index in [0.29, 0.717) is 32.0 Å². The Hall–Kier alpha value is -1.01. The van der Waals surface area contributed by atoms with Crippen LogP contribution in [-0.4, -0.2) is 47.8 Å². The molecular weight excluding hydrogens is 318 g/mol. The number of amides is 1. The van der Waals surface area contributed by atoms with Gasteiger partial charge >= 0.3 is 0 Å². The van der Waals surface area contributed by atoms with E-state index in [1.165, 1.54) is 5.56 Å². The zero-order valence-electron chi connectivity index (χ0n) is 13.5. The number of carbonyl (C=O) groups excluding carboxylic acids is 1. The summed E-state index contributed by atoms with van der Waals surface area (Å²) >= 11 is 1.70. The molecule has 2 aliphatic rings. The van der Waals surface area contributed by atoms with Gasteiger partial charge in [0.2, 0.25) is 11.8 Å². The molecule has 1 aliphatic heterocycles. The number of nitrogens with zero attached hydrogens (tertiary/aromatic N) is 2. The van der Waals surface area contributed by atoms with Crippen LogP contribution in [0.5, 0.6) is 0 Å².